The maximum atomic E-state index is 13.5. The molecule has 0 aliphatic heterocycles. The second-order valence-corrected chi connectivity index (χ2v) is 4.27. The molecule has 0 saturated carbocycles. The van der Waals surface area contributed by atoms with Crippen molar-refractivity contribution in [3.63, 3.8) is 0 Å². The van der Waals surface area contributed by atoms with E-state index < -0.39 is 23.5 Å². The van der Waals surface area contributed by atoms with Crippen LogP contribution in [-0.2, 0) is 6.54 Å². The lowest BCUT2D eigenvalue weighted by molar-refractivity contribution is 0.0783. The van der Waals surface area contributed by atoms with Crippen molar-refractivity contribution in [2.24, 2.45) is 0 Å². The van der Waals surface area contributed by atoms with Crippen LogP contribution < -0.4 is 0 Å². The Labute approximate surface area is 113 Å². The summed E-state index contributed by atoms with van der Waals surface area (Å²) < 4.78 is 38.9. The molecule has 1 aromatic carbocycles. The lowest BCUT2D eigenvalue weighted by atomic mass is 10.2. The van der Waals surface area contributed by atoms with Crippen LogP contribution in [0.3, 0.4) is 0 Å². The van der Waals surface area contributed by atoms with Gasteiger partial charge in [-0.2, -0.15) is 4.39 Å². The SMILES string of the molecule is CN(Cc1ccc(F)cc1F)C(=O)c1ccc(F)nc1. The maximum absolute atomic E-state index is 13.5. The molecule has 2 rings (SSSR count). The van der Waals surface area contributed by atoms with Crippen LogP contribution in [-0.4, -0.2) is 22.8 Å². The van der Waals surface area contributed by atoms with Gasteiger partial charge < -0.3 is 4.90 Å². The summed E-state index contributed by atoms with van der Waals surface area (Å²) in [6, 6.07) is 5.52. The van der Waals surface area contributed by atoms with Gasteiger partial charge in [-0.1, -0.05) is 6.07 Å². The molecule has 1 heterocycles. The van der Waals surface area contributed by atoms with E-state index in [1.807, 2.05) is 0 Å². The molecule has 2 aromatic rings. The number of halogens is 3. The average Bonchev–Trinajstić information content (AvgIpc) is 2.42. The van der Waals surface area contributed by atoms with Crippen molar-refractivity contribution < 1.29 is 18.0 Å². The number of benzene rings is 1. The first kappa shape index (κ1) is 14.0. The molecule has 0 aliphatic carbocycles. The zero-order valence-corrected chi connectivity index (χ0v) is 10.6. The minimum absolute atomic E-state index is 0.0255. The Morgan fingerprint density at radius 2 is 1.95 bits per heavy atom. The summed E-state index contributed by atoms with van der Waals surface area (Å²) in [5.41, 5.74) is 0.383. The zero-order chi connectivity index (χ0) is 14.7. The highest BCUT2D eigenvalue weighted by Gasteiger charge is 2.14. The standard InChI is InChI=1S/C14H11F3N2O/c1-19(8-10-2-4-11(15)6-12(10)16)14(20)9-3-5-13(17)18-7-9/h2-7H,8H2,1H3. The second kappa shape index (κ2) is 5.73. The summed E-state index contributed by atoms with van der Waals surface area (Å²) in [6.07, 6.45) is 1.11. The van der Waals surface area contributed by atoms with Gasteiger partial charge in [0.1, 0.15) is 11.6 Å². The van der Waals surface area contributed by atoms with Crippen molar-refractivity contribution in [3.05, 3.63) is 65.2 Å². The Kier molecular flexibility index (Phi) is 4.02. The van der Waals surface area contributed by atoms with Crippen LogP contribution in [0.1, 0.15) is 15.9 Å². The quantitative estimate of drug-likeness (QED) is 0.810. The van der Waals surface area contributed by atoms with Gasteiger partial charge in [0.2, 0.25) is 5.95 Å². The molecule has 0 atom stereocenters. The summed E-state index contributed by atoms with van der Waals surface area (Å²) in [5, 5.41) is 0. The van der Waals surface area contributed by atoms with Gasteiger partial charge >= 0.3 is 0 Å². The predicted molar refractivity (Wildman–Crippen MR) is 66.4 cm³/mol. The molecule has 0 bridgehead atoms. The summed E-state index contributed by atoms with van der Waals surface area (Å²) in [6.45, 7) is -0.0255. The first-order valence-corrected chi connectivity index (χ1v) is 5.78. The Balaban J connectivity index is 2.13. The zero-order valence-electron chi connectivity index (χ0n) is 10.6. The number of amides is 1. The number of pyridine rings is 1. The van der Waals surface area contributed by atoms with Crippen molar-refractivity contribution in [3.8, 4) is 0 Å². The van der Waals surface area contributed by atoms with Gasteiger partial charge in [0.15, 0.2) is 0 Å². The molecule has 1 amide bonds. The smallest absolute Gasteiger partial charge is 0.255 e. The van der Waals surface area contributed by atoms with E-state index in [0.29, 0.717) is 0 Å². The lowest BCUT2D eigenvalue weighted by Gasteiger charge is -2.17. The molecule has 6 heteroatoms. The Morgan fingerprint density at radius 3 is 2.55 bits per heavy atom. The molecule has 0 aliphatic rings. The molecule has 104 valence electrons. The van der Waals surface area contributed by atoms with Crippen LogP contribution in [0.5, 0.6) is 0 Å². The summed E-state index contributed by atoms with van der Waals surface area (Å²) in [5.74, 6) is -2.51. The molecule has 0 unspecified atom stereocenters. The van der Waals surface area contributed by atoms with Gasteiger partial charge in [-0.15, -0.1) is 0 Å². The number of aromatic nitrogens is 1. The largest absolute Gasteiger partial charge is 0.337 e. The highest BCUT2D eigenvalue weighted by molar-refractivity contribution is 5.93. The molecular weight excluding hydrogens is 269 g/mol. The van der Waals surface area contributed by atoms with E-state index in [2.05, 4.69) is 4.98 Å². The Morgan fingerprint density at radius 1 is 1.20 bits per heavy atom. The molecule has 1 aromatic heterocycles. The van der Waals surface area contributed by atoms with E-state index >= 15 is 0 Å². The third-order valence-electron chi connectivity index (χ3n) is 2.74. The minimum atomic E-state index is -0.720. The van der Waals surface area contributed by atoms with Crippen LogP contribution in [0, 0.1) is 17.6 Å². The Hall–Kier alpha value is -2.37. The van der Waals surface area contributed by atoms with E-state index in [4.69, 9.17) is 0 Å². The summed E-state index contributed by atoms with van der Waals surface area (Å²) >= 11 is 0. The van der Waals surface area contributed by atoms with E-state index in [1.54, 1.807) is 0 Å². The van der Waals surface area contributed by atoms with Gasteiger partial charge in [0.25, 0.3) is 5.91 Å². The van der Waals surface area contributed by atoms with Gasteiger partial charge in [-0.25, -0.2) is 13.8 Å². The number of carbonyl (C=O) groups excluding carboxylic acids is 1. The average molecular weight is 280 g/mol. The van der Waals surface area contributed by atoms with Crippen molar-refractivity contribution in [2.45, 2.75) is 6.54 Å². The fraction of sp³-hybridized carbons (Fsp3) is 0.143. The third kappa shape index (κ3) is 3.14. The predicted octanol–water partition coefficient (Wildman–Crippen LogP) is 2.77. The van der Waals surface area contributed by atoms with E-state index in [-0.39, 0.29) is 17.7 Å². The van der Waals surface area contributed by atoms with Crippen LogP contribution >= 0.6 is 0 Å². The van der Waals surface area contributed by atoms with Crippen LogP contribution in [0.2, 0.25) is 0 Å². The van der Waals surface area contributed by atoms with E-state index in [9.17, 15) is 18.0 Å². The van der Waals surface area contributed by atoms with Crippen molar-refractivity contribution in [2.75, 3.05) is 7.05 Å². The molecule has 0 saturated heterocycles. The van der Waals surface area contributed by atoms with Gasteiger partial charge in [0.05, 0.1) is 5.56 Å². The van der Waals surface area contributed by atoms with E-state index in [0.717, 1.165) is 24.4 Å². The molecule has 20 heavy (non-hydrogen) atoms. The maximum Gasteiger partial charge on any atom is 0.255 e. The van der Waals surface area contributed by atoms with Crippen LogP contribution in [0.25, 0.3) is 0 Å². The molecular formula is C14H11F3N2O. The fourth-order valence-corrected chi connectivity index (χ4v) is 1.70. The third-order valence-corrected chi connectivity index (χ3v) is 2.74. The van der Waals surface area contributed by atoms with Crippen LogP contribution in [0.15, 0.2) is 36.5 Å². The summed E-state index contributed by atoms with van der Waals surface area (Å²) in [4.78, 5) is 16.6. The van der Waals surface area contributed by atoms with Gasteiger partial charge in [-0.3, -0.25) is 4.79 Å². The number of hydrogen-bond donors (Lipinski definition) is 0. The number of nitrogens with zero attached hydrogens (tertiary/aromatic N) is 2. The monoisotopic (exact) mass is 280 g/mol. The fourth-order valence-electron chi connectivity index (χ4n) is 1.70. The van der Waals surface area contributed by atoms with Crippen LogP contribution in [0.4, 0.5) is 13.2 Å². The van der Waals surface area contributed by atoms with Gasteiger partial charge in [-0.05, 0) is 18.2 Å². The normalized spacial score (nSPS) is 10.4. The first-order valence-electron chi connectivity index (χ1n) is 5.78. The Bertz CT molecular complexity index is 629. The lowest BCUT2D eigenvalue weighted by Crippen LogP contribution is -2.26. The van der Waals surface area contributed by atoms with Crippen molar-refractivity contribution in [1.82, 2.24) is 9.88 Å². The second-order valence-electron chi connectivity index (χ2n) is 4.27. The van der Waals surface area contributed by atoms with Crippen molar-refractivity contribution in [1.29, 1.82) is 0 Å². The topological polar surface area (TPSA) is 33.2 Å². The summed E-state index contributed by atoms with van der Waals surface area (Å²) in [7, 11) is 1.47. The van der Waals surface area contributed by atoms with E-state index in [1.165, 1.54) is 24.1 Å². The highest BCUT2D eigenvalue weighted by atomic mass is 19.1. The number of rotatable bonds is 3. The number of hydrogen-bond acceptors (Lipinski definition) is 2. The molecule has 0 spiro atoms. The molecule has 0 radical (unpaired) electrons. The van der Waals surface area contributed by atoms with Crippen molar-refractivity contribution >= 4 is 5.91 Å². The minimum Gasteiger partial charge on any atom is -0.337 e. The molecule has 3 nitrogen and oxygen atoms in total. The van der Waals surface area contributed by atoms with Gasteiger partial charge in [0, 0.05) is 31.4 Å². The molecule has 0 N–H and O–H groups in total. The molecule has 0 fully saturated rings. The first-order chi connectivity index (χ1) is 9.47. The highest BCUT2D eigenvalue weighted by Crippen LogP contribution is 2.13. The number of carbonyl (C=O) groups is 1.